The van der Waals surface area contributed by atoms with Crippen LogP contribution < -0.4 is 0 Å². The lowest BCUT2D eigenvalue weighted by atomic mass is 10.3. The molecule has 0 saturated carbocycles. The fourth-order valence-electron chi connectivity index (χ4n) is 0.0913. The Hall–Kier alpha value is -0.210. The molecule has 0 rings (SSSR count). The van der Waals surface area contributed by atoms with Crippen molar-refractivity contribution in [3.8, 4) is 0 Å². The minimum absolute atomic E-state index is 0.177. The maximum atomic E-state index is 8.35. The normalized spacial score (nSPS) is 14.3. The van der Waals surface area contributed by atoms with E-state index in [1.165, 1.54) is 0 Å². The first-order chi connectivity index (χ1) is 2.81. The van der Waals surface area contributed by atoms with Gasteiger partial charge in [0.2, 0.25) is 0 Å². The Kier molecular flexibility index (Phi) is 2.89. The van der Waals surface area contributed by atoms with Crippen molar-refractivity contribution in [2.75, 3.05) is 6.61 Å². The predicted octanol–water partition coefficient (Wildman–Crippen LogP) is -0.436. The maximum absolute atomic E-state index is 8.35. The number of hydrogen-bond acceptors (Lipinski definition) is 2. The average Bonchev–Trinajstić information content (AvgIpc) is 1.65. The molecule has 0 aromatic carbocycles. The summed E-state index contributed by atoms with van der Waals surface area (Å²) in [5, 5.41) is 16.4. The van der Waals surface area contributed by atoms with Gasteiger partial charge in [-0.25, -0.2) is 0 Å². The largest absolute Gasteiger partial charge is 0.394 e. The van der Waals surface area contributed by atoms with E-state index in [9.17, 15) is 0 Å². The van der Waals surface area contributed by atoms with Crippen LogP contribution in [0.2, 0.25) is 0 Å². The topological polar surface area (TPSA) is 40.5 Å². The Morgan fingerprint density at radius 3 is 2.17 bits per heavy atom. The van der Waals surface area contributed by atoms with Gasteiger partial charge in [0, 0.05) is 0 Å². The van der Waals surface area contributed by atoms with Gasteiger partial charge in [-0.05, 0) is 0 Å². The smallest absolute Gasteiger partial charge is 0.117 e. The SMILES string of the molecule is [CH2+]CC(O)CO. The van der Waals surface area contributed by atoms with Crippen LogP contribution in [0.25, 0.3) is 0 Å². The Labute approximate surface area is 37.4 Å². The first-order valence-corrected chi connectivity index (χ1v) is 1.89. The van der Waals surface area contributed by atoms with Crippen LogP contribution in [0.4, 0.5) is 0 Å². The quantitative estimate of drug-likeness (QED) is 0.450. The van der Waals surface area contributed by atoms with E-state index >= 15 is 0 Å². The van der Waals surface area contributed by atoms with E-state index in [1.54, 1.807) is 0 Å². The molecule has 0 aliphatic heterocycles. The van der Waals surface area contributed by atoms with Crippen molar-refractivity contribution in [1.82, 2.24) is 0 Å². The van der Waals surface area contributed by atoms with E-state index in [4.69, 9.17) is 10.2 Å². The van der Waals surface area contributed by atoms with Gasteiger partial charge in [-0.2, -0.15) is 0 Å². The highest BCUT2D eigenvalue weighted by atomic mass is 16.3. The van der Waals surface area contributed by atoms with Crippen LogP contribution >= 0.6 is 0 Å². The number of aliphatic hydroxyl groups is 2. The van der Waals surface area contributed by atoms with Gasteiger partial charge in [0.1, 0.15) is 12.5 Å². The first-order valence-electron chi connectivity index (χ1n) is 1.89. The molecule has 0 spiro atoms. The average molecular weight is 89.1 g/mol. The molecule has 6 heavy (non-hydrogen) atoms. The minimum Gasteiger partial charge on any atom is -0.394 e. The highest BCUT2D eigenvalue weighted by Gasteiger charge is 1.97. The summed E-state index contributed by atoms with van der Waals surface area (Å²) in [6.45, 7) is 3.17. The molecule has 0 fully saturated rings. The molecular weight excluding hydrogens is 80.0 g/mol. The second-order valence-corrected chi connectivity index (χ2v) is 1.13. The van der Waals surface area contributed by atoms with Crippen molar-refractivity contribution in [3.05, 3.63) is 6.92 Å². The Morgan fingerprint density at radius 2 is 2.17 bits per heavy atom. The fourth-order valence-corrected chi connectivity index (χ4v) is 0.0913. The van der Waals surface area contributed by atoms with Crippen molar-refractivity contribution in [1.29, 1.82) is 0 Å². The third-order valence-corrected chi connectivity index (χ3v) is 0.544. The summed E-state index contributed by atoms with van der Waals surface area (Å²) in [7, 11) is 0. The zero-order chi connectivity index (χ0) is 4.99. The summed E-state index contributed by atoms with van der Waals surface area (Å²) in [6, 6.07) is 0. The van der Waals surface area contributed by atoms with Crippen molar-refractivity contribution in [2.45, 2.75) is 12.5 Å². The number of aliphatic hydroxyl groups excluding tert-OH is 2. The molecular formula is C4H9O2+. The van der Waals surface area contributed by atoms with Gasteiger partial charge in [0.25, 0.3) is 0 Å². The molecule has 0 aliphatic rings. The summed E-state index contributed by atoms with van der Waals surface area (Å²) in [6.07, 6.45) is -0.235. The van der Waals surface area contributed by atoms with Crippen LogP contribution in [0.15, 0.2) is 0 Å². The van der Waals surface area contributed by atoms with E-state index in [1.807, 2.05) is 0 Å². The van der Waals surface area contributed by atoms with E-state index in [-0.39, 0.29) is 6.61 Å². The molecule has 0 amide bonds. The zero-order valence-electron chi connectivity index (χ0n) is 3.59. The second kappa shape index (κ2) is 3.00. The molecule has 36 valence electrons. The highest BCUT2D eigenvalue weighted by Crippen LogP contribution is 1.82. The van der Waals surface area contributed by atoms with E-state index in [2.05, 4.69) is 6.92 Å². The maximum Gasteiger partial charge on any atom is 0.117 e. The van der Waals surface area contributed by atoms with Crippen LogP contribution in [0.1, 0.15) is 6.42 Å². The lowest BCUT2D eigenvalue weighted by Gasteiger charge is -1.93. The fraction of sp³-hybridized carbons (Fsp3) is 0.750. The Morgan fingerprint density at radius 1 is 1.67 bits per heavy atom. The third-order valence-electron chi connectivity index (χ3n) is 0.544. The molecule has 2 nitrogen and oxygen atoms in total. The molecule has 0 saturated heterocycles. The van der Waals surface area contributed by atoms with Gasteiger partial charge in [-0.1, -0.05) is 0 Å². The van der Waals surface area contributed by atoms with Gasteiger partial charge in [-0.15, -0.1) is 0 Å². The summed E-state index contributed by atoms with van der Waals surface area (Å²) in [4.78, 5) is 0. The molecule has 1 atom stereocenters. The minimum atomic E-state index is -0.620. The molecule has 2 N–H and O–H groups in total. The number of hydrogen-bond donors (Lipinski definition) is 2. The van der Waals surface area contributed by atoms with E-state index in [0.717, 1.165) is 0 Å². The second-order valence-electron chi connectivity index (χ2n) is 1.13. The molecule has 0 aromatic rings. The molecule has 1 unspecified atom stereocenters. The van der Waals surface area contributed by atoms with Crippen molar-refractivity contribution in [3.63, 3.8) is 0 Å². The summed E-state index contributed by atoms with van der Waals surface area (Å²) in [5.74, 6) is 0. The van der Waals surface area contributed by atoms with E-state index in [0.29, 0.717) is 6.42 Å². The predicted molar refractivity (Wildman–Crippen MR) is 23.1 cm³/mol. The van der Waals surface area contributed by atoms with Gasteiger partial charge in [0.05, 0.1) is 13.5 Å². The van der Waals surface area contributed by atoms with Crippen LogP contribution in [0.5, 0.6) is 0 Å². The third kappa shape index (κ3) is 2.05. The van der Waals surface area contributed by atoms with Crippen LogP contribution in [0, 0.1) is 6.92 Å². The molecule has 0 aromatic heterocycles. The van der Waals surface area contributed by atoms with Crippen molar-refractivity contribution < 1.29 is 10.2 Å². The van der Waals surface area contributed by atoms with Gasteiger partial charge in [0.15, 0.2) is 0 Å². The van der Waals surface area contributed by atoms with Crippen molar-refractivity contribution >= 4 is 0 Å². The molecule has 2 heteroatoms. The highest BCUT2D eigenvalue weighted by molar-refractivity contribution is 4.51. The molecule has 0 heterocycles. The molecule has 0 radical (unpaired) electrons. The van der Waals surface area contributed by atoms with Crippen molar-refractivity contribution in [2.24, 2.45) is 0 Å². The van der Waals surface area contributed by atoms with Crippen LogP contribution in [0.3, 0.4) is 0 Å². The molecule has 0 bridgehead atoms. The Bertz CT molecular complexity index is 24.7. The lowest BCUT2D eigenvalue weighted by molar-refractivity contribution is 0.0971. The number of rotatable bonds is 2. The first kappa shape index (κ1) is 5.79. The van der Waals surface area contributed by atoms with E-state index < -0.39 is 6.10 Å². The van der Waals surface area contributed by atoms with Crippen LogP contribution in [-0.2, 0) is 0 Å². The summed E-state index contributed by atoms with van der Waals surface area (Å²) in [5.41, 5.74) is 0. The summed E-state index contributed by atoms with van der Waals surface area (Å²) >= 11 is 0. The van der Waals surface area contributed by atoms with Gasteiger partial charge < -0.3 is 10.2 Å². The standard InChI is InChI=1S/C4H9O2/c1-2-4(6)3-5/h4-6H,1-3H2/q+1. The zero-order valence-corrected chi connectivity index (χ0v) is 3.59. The molecule has 0 aliphatic carbocycles. The van der Waals surface area contributed by atoms with Crippen LogP contribution in [-0.4, -0.2) is 22.9 Å². The summed E-state index contributed by atoms with van der Waals surface area (Å²) < 4.78 is 0. The van der Waals surface area contributed by atoms with Gasteiger partial charge in [-0.3, -0.25) is 0 Å². The van der Waals surface area contributed by atoms with Gasteiger partial charge >= 0.3 is 0 Å². The Balaban J connectivity index is 2.75. The lowest BCUT2D eigenvalue weighted by Crippen LogP contribution is -2.08. The monoisotopic (exact) mass is 89.1 g/mol.